The maximum Gasteiger partial charge on any atom is 0.215 e. The average molecular weight is 280 g/mol. The molecular weight excluding hydrogens is 252 g/mol. The van der Waals surface area contributed by atoms with E-state index in [2.05, 4.69) is 10.0 Å². The first-order valence-electron chi connectivity index (χ1n) is 6.69. The molecule has 6 heteroatoms. The average Bonchev–Trinajstić information content (AvgIpc) is 2.30. The maximum absolute atomic E-state index is 11.8. The fourth-order valence-electron chi connectivity index (χ4n) is 1.29. The predicted molar refractivity (Wildman–Crippen MR) is 75.3 cm³/mol. The summed E-state index contributed by atoms with van der Waals surface area (Å²) < 4.78 is 31.6. The first-order valence-corrected chi connectivity index (χ1v) is 8.24. The number of nitrogens with one attached hydrogen (secondary N) is 2. The summed E-state index contributed by atoms with van der Waals surface area (Å²) >= 11 is 0. The van der Waals surface area contributed by atoms with Crippen LogP contribution in [-0.4, -0.2) is 46.0 Å². The predicted octanol–water partition coefficient (Wildman–Crippen LogP) is 1.11. The van der Waals surface area contributed by atoms with E-state index in [1.54, 1.807) is 6.92 Å². The SMILES string of the molecule is CCCOCCCNS(=O)(=O)C(C)CNC(C)C. The lowest BCUT2D eigenvalue weighted by Gasteiger charge is -2.16. The van der Waals surface area contributed by atoms with Gasteiger partial charge in [0.1, 0.15) is 0 Å². The molecule has 0 aliphatic carbocycles. The lowest BCUT2D eigenvalue weighted by molar-refractivity contribution is 0.133. The van der Waals surface area contributed by atoms with Crippen molar-refractivity contribution in [2.45, 2.75) is 51.8 Å². The molecule has 0 amide bonds. The molecule has 0 heterocycles. The maximum atomic E-state index is 11.8. The molecule has 5 nitrogen and oxygen atoms in total. The van der Waals surface area contributed by atoms with Gasteiger partial charge in [0.2, 0.25) is 10.0 Å². The van der Waals surface area contributed by atoms with Crippen LogP contribution in [0.1, 0.15) is 40.5 Å². The van der Waals surface area contributed by atoms with Crippen molar-refractivity contribution in [3.63, 3.8) is 0 Å². The highest BCUT2D eigenvalue weighted by Gasteiger charge is 2.19. The van der Waals surface area contributed by atoms with Crippen LogP contribution in [0.5, 0.6) is 0 Å². The van der Waals surface area contributed by atoms with Crippen LogP contribution in [0, 0.1) is 0 Å². The summed E-state index contributed by atoms with van der Waals surface area (Å²) in [6.45, 7) is 10.0. The highest BCUT2D eigenvalue weighted by molar-refractivity contribution is 7.90. The molecule has 0 aromatic rings. The van der Waals surface area contributed by atoms with E-state index in [0.717, 1.165) is 13.0 Å². The third-order valence-electron chi connectivity index (χ3n) is 2.46. The van der Waals surface area contributed by atoms with Crippen molar-refractivity contribution in [2.75, 3.05) is 26.3 Å². The normalized spacial score (nSPS) is 14.1. The molecular formula is C12H28N2O3S. The van der Waals surface area contributed by atoms with Gasteiger partial charge in [-0.2, -0.15) is 0 Å². The van der Waals surface area contributed by atoms with Gasteiger partial charge in [-0.05, 0) is 19.8 Å². The molecule has 0 rings (SSSR count). The summed E-state index contributed by atoms with van der Waals surface area (Å²) in [6, 6.07) is 0.296. The summed E-state index contributed by atoms with van der Waals surface area (Å²) in [5, 5.41) is 2.71. The molecule has 0 fully saturated rings. The van der Waals surface area contributed by atoms with Gasteiger partial charge in [0.25, 0.3) is 0 Å². The summed E-state index contributed by atoms with van der Waals surface area (Å²) in [7, 11) is -3.22. The van der Waals surface area contributed by atoms with Crippen LogP contribution in [0.25, 0.3) is 0 Å². The molecule has 0 aromatic heterocycles. The van der Waals surface area contributed by atoms with Gasteiger partial charge in [-0.25, -0.2) is 13.1 Å². The van der Waals surface area contributed by atoms with Gasteiger partial charge < -0.3 is 10.1 Å². The Balaban J connectivity index is 3.78. The van der Waals surface area contributed by atoms with Crippen molar-refractivity contribution in [3.05, 3.63) is 0 Å². The molecule has 0 aromatic carbocycles. The molecule has 0 saturated heterocycles. The van der Waals surface area contributed by atoms with Crippen LogP contribution in [0.2, 0.25) is 0 Å². The smallest absolute Gasteiger partial charge is 0.215 e. The third-order valence-corrected chi connectivity index (χ3v) is 4.29. The lowest BCUT2D eigenvalue weighted by atomic mass is 10.3. The van der Waals surface area contributed by atoms with Gasteiger partial charge in [0, 0.05) is 32.3 Å². The van der Waals surface area contributed by atoms with E-state index >= 15 is 0 Å². The van der Waals surface area contributed by atoms with E-state index in [9.17, 15) is 8.42 Å². The van der Waals surface area contributed by atoms with Crippen LogP contribution in [0.4, 0.5) is 0 Å². The van der Waals surface area contributed by atoms with Gasteiger partial charge >= 0.3 is 0 Å². The summed E-state index contributed by atoms with van der Waals surface area (Å²) in [6.07, 6.45) is 1.70. The summed E-state index contributed by atoms with van der Waals surface area (Å²) in [5.74, 6) is 0. The number of hydrogen-bond donors (Lipinski definition) is 2. The fourth-order valence-corrected chi connectivity index (χ4v) is 2.32. The number of hydrogen-bond acceptors (Lipinski definition) is 4. The molecule has 18 heavy (non-hydrogen) atoms. The molecule has 1 unspecified atom stereocenters. The van der Waals surface area contributed by atoms with Crippen molar-refractivity contribution < 1.29 is 13.2 Å². The lowest BCUT2D eigenvalue weighted by Crippen LogP contribution is -2.41. The molecule has 2 N–H and O–H groups in total. The van der Waals surface area contributed by atoms with E-state index in [0.29, 0.717) is 32.2 Å². The van der Waals surface area contributed by atoms with Crippen molar-refractivity contribution in [3.8, 4) is 0 Å². The van der Waals surface area contributed by atoms with E-state index < -0.39 is 15.3 Å². The van der Waals surface area contributed by atoms with Gasteiger partial charge in [-0.1, -0.05) is 20.8 Å². The second-order valence-electron chi connectivity index (χ2n) is 4.78. The number of rotatable bonds is 11. The van der Waals surface area contributed by atoms with E-state index in [4.69, 9.17) is 4.74 Å². The second-order valence-corrected chi connectivity index (χ2v) is 6.96. The molecule has 0 saturated carbocycles. The Hall–Kier alpha value is -0.170. The van der Waals surface area contributed by atoms with Gasteiger partial charge in [-0.3, -0.25) is 0 Å². The van der Waals surface area contributed by atoms with Crippen molar-refractivity contribution in [2.24, 2.45) is 0 Å². The zero-order valence-electron chi connectivity index (χ0n) is 12.0. The van der Waals surface area contributed by atoms with Crippen molar-refractivity contribution >= 4 is 10.0 Å². The molecule has 0 spiro atoms. The fraction of sp³-hybridized carbons (Fsp3) is 1.00. The number of sulfonamides is 1. The van der Waals surface area contributed by atoms with Crippen LogP contribution < -0.4 is 10.0 Å². The number of ether oxygens (including phenoxy) is 1. The highest BCUT2D eigenvalue weighted by Crippen LogP contribution is 1.98. The second kappa shape index (κ2) is 9.72. The van der Waals surface area contributed by atoms with Crippen LogP contribution in [0.3, 0.4) is 0 Å². The zero-order chi connectivity index (χ0) is 14.0. The van der Waals surface area contributed by atoms with Crippen molar-refractivity contribution in [1.29, 1.82) is 0 Å². The van der Waals surface area contributed by atoms with Crippen LogP contribution in [0.15, 0.2) is 0 Å². The van der Waals surface area contributed by atoms with Gasteiger partial charge in [0.05, 0.1) is 5.25 Å². The van der Waals surface area contributed by atoms with E-state index in [1.165, 1.54) is 0 Å². The highest BCUT2D eigenvalue weighted by atomic mass is 32.2. The molecule has 0 aliphatic heterocycles. The molecule has 0 radical (unpaired) electrons. The Bertz CT molecular complexity index is 292. The summed E-state index contributed by atoms with van der Waals surface area (Å²) in [4.78, 5) is 0. The van der Waals surface area contributed by atoms with E-state index in [-0.39, 0.29) is 0 Å². The monoisotopic (exact) mass is 280 g/mol. The molecule has 110 valence electrons. The Labute approximate surface area is 112 Å². The van der Waals surface area contributed by atoms with Crippen molar-refractivity contribution in [1.82, 2.24) is 10.0 Å². The standard InChI is InChI=1S/C12H28N2O3S/c1-5-8-17-9-6-7-14-18(15,16)12(4)10-13-11(2)3/h11-14H,5-10H2,1-4H3. The van der Waals surface area contributed by atoms with Crippen LogP contribution in [-0.2, 0) is 14.8 Å². The van der Waals surface area contributed by atoms with E-state index in [1.807, 2.05) is 20.8 Å². The largest absolute Gasteiger partial charge is 0.381 e. The third kappa shape index (κ3) is 8.85. The Morgan fingerprint density at radius 3 is 2.39 bits per heavy atom. The Morgan fingerprint density at radius 2 is 1.83 bits per heavy atom. The zero-order valence-corrected chi connectivity index (χ0v) is 12.8. The van der Waals surface area contributed by atoms with Crippen LogP contribution >= 0.6 is 0 Å². The Morgan fingerprint density at radius 1 is 1.17 bits per heavy atom. The molecule has 1 atom stereocenters. The van der Waals surface area contributed by atoms with Gasteiger partial charge in [-0.15, -0.1) is 0 Å². The summed E-state index contributed by atoms with van der Waals surface area (Å²) in [5.41, 5.74) is 0. The van der Waals surface area contributed by atoms with Gasteiger partial charge in [0.15, 0.2) is 0 Å². The quantitative estimate of drug-likeness (QED) is 0.556. The Kier molecular flexibility index (Phi) is 9.63. The minimum Gasteiger partial charge on any atom is -0.381 e. The minimum absolute atomic E-state index is 0.296. The minimum atomic E-state index is -3.22. The molecule has 0 aliphatic rings. The first-order chi connectivity index (χ1) is 8.40. The first kappa shape index (κ1) is 17.8. The topological polar surface area (TPSA) is 67.4 Å². The molecule has 0 bridgehead atoms.